The van der Waals surface area contributed by atoms with Gasteiger partial charge in [0, 0.05) is 22.5 Å². The number of hydrogen-bond donors (Lipinski definition) is 1. The number of fused-ring (bicyclic) bond motifs is 1. The summed E-state index contributed by atoms with van der Waals surface area (Å²) in [6.45, 7) is 5.69. The Morgan fingerprint density at radius 2 is 2.07 bits per heavy atom. The van der Waals surface area contributed by atoms with Crippen molar-refractivity contribution in [3.05, 3.63) is 74.2 Å². The highest BCUT2D eigenvalue weighted by Gasteiger charge is 2.15. The van der Waals surface area contributed by atoms with Crippen LogP contribution in [-0.4, -0.2) is 19.7 Å². The van der Waals surface area contributed by atoms with Crippen molar-refractivity contribution in [1.82, 2.24) is 19.7 Å². The molecule has 0 aliphatic heterocycles. The maximum atomic E-state index is 12.4. The smallest absolute Gasteiger partial charge is 0.259 e. The largest absolute Gasteiger partial charge is 0.360 e. The van der Waals surface area contributed by atoms with Crippen LogP contribution in [0.15, 0.2) is 39.6 Å². The van der Waals surface area contributed by atoms with Gasteiger partial charge in [0.15, 0.2) is 11.6 Å². The molecule has 1 N–H and O–H groups in total. The Kier molecular flexibility index (Phi) is 4.57. The molecular weight excluding hydrogens is 390 g/mol. The van der Waals surface area contributed by atoms with Crippen LogP contribution < -0.4 is 5.56 Å². The summed E-state index contributed by atoms with van der Waals surface area (Å²) in [6.07, 6.45) is 1.69. The van der Waals surface area contributed by atoms with E-state index in [4.69, 9.17) is 16.1 Å². The standard InChI is InChI=1S/C21H16ClN5O2/c1-11-6-14(13(3)27(11)19-7-12(2)29-26-19)8-15(10-23)20-24-18-9-16(22)4-5-17(18)21(28)25-20/h4-9H,1-3H3,(H,24,25,28)/b15-8+. The first kappa shape index (κ1) is 18.7. The third kappa shape index (κ3) is 3.35. The second-order valence-electron chi connectivity index (χ2n) is 6.70. The number of nitrogens with one attached hydrogen (secondary N) is 1. The van der Waals surface area contributed by atoms with Crippen molar-refractivity contribution in [2.75, 3.05) is 0 Å². The van der Waals surface area contributed by atoms with Crippen LogP contribution in [0.25, 0.3) is 28.4 Å². The number of aromatic amines is 1. The summed E-state index contributed by atoms with van der Waals surface area (Å²) in [7, 11) is 0. The molecule has 0 saturated carbocycles. The minimum Gasteiger partial charge on any atom is -0.360 e. The number of nitrogens with zero attached hydrogens (tertiary/aromatic N) is 4. The summed E-state index contributed by atoms with van der Waals surface area (Å²) in [5.74, 6) is 1.57. The first-order valence-electron chi connectivity index (χ1n) is 8.82. The highest BCUT2D eigenvalue weighted by molar-refractivity contribution is 6.31. The van der Waals surface area contributed by atoms with E-state index in [1.165, 1.54) is 0 Å². The number of nitriles is 1. The zero-order chi connectivity index (χ0) is 20.7. The lowest BCUT2D eigenvalue weighted by atomic mass is 10.1. The van der Waals surface area contributed by atoms with Crippen molar-refractivity contribution in [2.24, 2.45) is 0 Å². The van der Waals surface area contributed by atoms with Gasteiger partial charge in [0.1, 0.15) is 11.8 Å². The molecular formula is C21H16ClN5O2. The predicted octanol–water partition coefficient (Wildman–Crippen LogP) is 4.34. The van der Waals surface area contributed by atoms with E-state index in [2.05, 4.69) is 21.2 Å². The minimum absolute atomic E-state index is 0.189. The predicted molar refractivity (Wildman–Crippen MR) is 111 cm³/mol. The van der Waals surface area contributed by atoms with Crippen molar-refractivity contribution in [3.63, 3.8) is 0 Å². The number of benzene rings is 1. The minimum atomic E-state index is -0.327. The van der Waals surface area contributed by atoms with Gasteiger partial charge in [-0.2, -0.15) is 5.26 Å². The zero-order valence-corrected chi connectivity index (χ0v) is 16.7. The van der Waals surface area contributed by atoms with Crippen molar-refractivity contribution in [1.29, 1.82) is 5.26 Å². The Morgan fingerprint density at radius 3 is 2.76 bits per heavy atom. The monoisotopic (exact) mass is 405 g/mol. The molecule has 0 unspecified atom stereocenters. The highest BCUT2D eigenvalue weighted by Crippen LogP contribution is 2.25. The number of aromatic nitrogens is 4. The molecule has 29 heavy (non-hydrogen) atoms. The fraction of sp³-hybridized carbons (Fsp3) is 0.143. The highest BCUT2D eigenvalue weighted by atomic mass is 35.5. The molecule has 1 aromatic carbocycles. The van der Waals surface area contributed by atoms with E-state index < -0.39 is 0 Å². The lowest BCUT2D eigenvalue weighted by Gasteiger charge is -2.05. The summed E-state index contributed by atoms with van der Waals surface area (Å²) in [6, 6.07) is 10.7. The van der Waals surface area contributed by atoms with Gasteiger partial charge in [0.2, 0.25) is 0 Å². The number of hydrogen-bond acceptors (Lipinski definition) is 5. The number of H-pyrrole nitrogens is 1. The molecule has 0 radical (unpaired) electrons. The Morgan fingerprint density at radius 1 is 1.28 bits per heavy atom. The van der Waals surface area contributed by atoms with Gasteiger partial charge in [-0.25, -0.2) is 4.98 Å². The molecule has 0 bridgehead atoms. The second-order valence-corrected chi connectivity index (χ2v) is 7.14. The van der Waals surface area contributed by atoms with Crippen LogP contribution in [0.2, 0.25) is 5.02 Å². The van der Waals surface area contributed by atoms with Gasteiger partial charge in [0.25, 0.3) is 5.56 Å². The number of allylic oxidation sites excluding steroid dienone is 1. The fourth-order valence-corrected chi connectivity index (χ4v) is 3.46. The lowest BCUT2D eigenvalue weighted by Crippen LogP contribution is -2.11. The molecule has 0 saturated heterocycles. The lowest BCUT2D eigenvalue weighted by molar-refractivity contribution is 0.394. The zero-order valence-electron chi connectivity index (χ0n) is 15.9. The quantitative estimate of drug-likeness (QED) is 0.511. The Balaban J connectivity index is 1.85. The molecule has 8 heteroatoms. The number of halogens is 1. The Bertz CT molecular complexity index is 1380. The fourth-order valence-electron chi connectivity index (χ4n) is 3.29. The van der Waals surface area contributed by atoms with Gasteiger partial charge in [-0.15, -0.1) is 0 Å². The summed E-state index contributed by atoms with van der Waals surface area (Å²) in [5.41, 5.74) is 2.97. The Labute approximate surface area is 170 Å². The average molecular weight is 406 g/mol. The van der Waals surface area contributed by atoms with Crippen LogP contribution in [0.3, 0.4) is 0 Å². The normalized spacial score (nSPS) is 11.8. The van der Waals surface area contributed by atoms with E-state index in [0.717, 1.165) is 17.0 Å². The van der Waals surface area contributed by atoms with E-state index >= 15 is 0 Å². The van der Waals surface area contributed by atoms with Crippen LogP contribution in [0, 0.1) is 32.1 Å². The molecule has 0 aliphatic carbocycles. The molecule has 4 aromatic rings. The molecule has 4 rings (SSSR count). The summed E-state index contributed by atoms with van der Waals surface area (Å²) >= 11 is 6.02. The van der Waals surface area contributed by atoms with Crippen LogP contribution in [-0.2, 0) is 0 Å². The number of rotatable bonds is 3. The van der Waals surface area contributed by atoms with Gasteiger partial charge in [-0.05, 0) is 56.7 Å². The van der Waals surface area contributed by atoms with Crippen molar-refractivity contribution in [3.8, 4) is 11.9 Å². The molecule has 3 aromatic heterocycles. The molecule has 0 aliphatic rings. The van der Waals surface area contributed by atoms with Gasteiger partial charge in [0.05, 0.1) is 16.5 Å². The summed E-state index contributed by atoms with van der Waals surface area (Å²) in [4.78, 5) is 19.5. The Hall–Kier alpha value is -3.63. The third-order valence-electron chi connectivity index (χ3n) is 4.66. The summed E-state index contributed by atoms with van der Waals surface area (Å²) < 4.78 is 7.11. The average Bonchev–Trinajstić information content (AvgIpc) is 3.21. The summed E-state index contributed by atoms with van der Waals surface area (Å²) in [5, 5.41) is 14.6. The van der Waals surface area contributed by atoms with Gasteiger partial charge < -0.3 is 9.51 Å². The molecule has 7 nitrogen and oxygen atoms in total. The number of aryl methyl sites for hydroxylation is 2. The van der Waals surface area contributed by atoms with E-state index in [1.54, 1.807) is 24.3 Å². The van der Waals surface area contributed by atoms with Crippen molar-refractivity contribution in [2.45, 2.75) is 20.8 Å². The SMILES string of the molecule is Cc1cc(-n2c(C)cc(/C=C(\C#N)c3nc4cc(Cl)ccc4c(=O)[nH]3)c2C)no1. The van der Waals surface area contributed by atoms with E-state index in [-0.39, 0.29) is 17.0 Å². The second kappa shape index (κ2) is 7.08. The van der Waals surface area contributed by atoms with Crippen molar-refractivity contribution >= 4 is 34.2 Å². The first-order chi connectivity index (χ1) is 13.9. The van der Waals surface area contributed by atoms with Crippen LogP contribution in [0.4, 0.5) is 0 Å². The van der Waals surface area contributed by atoms with E-state index in [0.29, 0.717) is 27.5 Å². The maximum absolute atomic E-state index is 12.4. The molecule has 0 atom stereocenters. The molecule has 0 fully saturated rings. The van der Waals surface area contributed by atoms with Gasteiger partial charge >= 0.3 is 0 Å². The third-order valence-corrected chi connectivity index (χ3v) is 4.89. The van der Waals surface area contributed by atoms with E-state index in [9.17, 15) is 10.1 Å². The molecule has 3 heterocycles. The topological polar surface area (TPSA) is 100 Å². The first-order valence-corrected chi connectivity index (χ1v) is 9.19. The molecule has 144 valence electrons. The van der Waals surface area contributed by atoms with Gasteiger partial charge in [-0.3, -0.25) is 9.36 Å². The van der Waals surface area contributed by atoms with Gasteiger partial charge in [-0.1, -0.05) is 16.8 Å². The van der Waals surface area contributed by atoms with Crippen LogP contribution in [0.1, 0.15) is 28.5 Å². The van der Waals surface area contributed by atoms with Crippen molar-refractivity contribution < 1.29 is 4.52 Å². The maximum Gasteiger partial charge on any atom is 0.259 e. The van der Waals surface area contributed by atoms with Crippen LogP contribution >= 0.6 is 11.6 Å². The molecule has 0 amide bonds. The molecule has 0 spiro atoms. The van der Waals surface area contributed by atoms with Crippen LogP contribution in [0.5, 0.6) is 0 Å². The van der Waals surface area contributed by atoms with E-state index in [1.807, 2.05) is 37.5 Å².